The van der Waals surface area contributed by atoms with Crippen molar-refractivity contribution in [1.29, 1.82) is 0 Å². The smallest absolute Gasteiger partial charge is 0.289 e. The summed E-state index contributed by atoms with van der Waals surface area (Å²) in [6, 6.07) is 3.48. The molecule has 106 valence electrons. The minimum Gasteiger partial charge on any atom is -0.459 e. The molecule has 0 aromatic carbocycles. The first kappa shape index (κ1) is 13.4. The van der Waals surface area contributed by atoms with Gasteiger partial charge in [-0.15, -0.1) is 11.3 Å². The average Bonchev–Trinajstić information content (AvgIpc) is 3.17. The van der Waals surface area contributed by atoms with Gasteiger partial charge in [0.25, 0.3) is 5.91 Å². The lowest BCUT2D eigenvalue weighted by Crippen LogP contribution is -2.38. The molecule has 1 aliphatic rings. The van der Waals surface area contributed by atoms with Crippen molar-refractivity contribution in [3.63, 3.8) is 0 Å². The Morgan fingerprint density at radius 1 is 1.60 bits per heavy atom. The maximum Gasteiger partial charge on any atom is 0.289 e. The van der Waals surface area contributed by atoms with Crippen LogP contribution < -0.4 is 0 Å². The third kappa shape index (κ3) is 2.63. The van der Waals surface area contributed by atoms with Crippen molar-refractivity contribution in [2.24, 2.45) is 0 Å². The molecule has 5 heteroatoms. The van der Waals surface area contributed by atoms with Gasteiger partial charge in [0.05, 0.1) is 17.0 Å². The number of piperidine rings is 1. The minimum atomic E-state index is -0.00743. The first-order valence-electron chi connectivity index (χ1n) is 7.05. The van der Waals surface area contributed by atoms with Crippen LogP contribution in [0.5, 0.6) is 0 Å². The van der Waals surface area contributed by atoms with Crippen molar-refractivity contribution in [2.75, 3.05) is 13.1 Å². The van der Waals surface area contributed by atoms with Gasteiger partial charge in [0.15, 0.2) is 5.76 Å². The Morgan fingerprint density at radius 2 is 2.50 bits per heavy atom. The van der Waals surface area contributed by atoms with Crippen LogP contribution in [-0.4, -0.2) is 28.9 Å². The molecule has 3 heterocycles. The summed E-state index contributed by atoms with van der Waals surface area (Å²) in [5.74, 6) is 0.791. The number of furan rings is 1. The number of amides is 1. The van der Waals surface area contributed by atoms with E-state index in [1.165, 1.54) is 5.01 Å². The Balaban J connectivity index is 1.71. The SMILES string of the molecule is CCc1csc(C2CCCN(C(=O)c3ccco3)C2)n1. The van der Waals surface area contributed by atoms with Gasteiger partial charge in [-0.25, -0.2) is 4.98 Å². The van der Waals surface area contributed by atoms with Crippen molar-refractivity contribution in [3.8, 4) is 0 Å². The number of carbonyl (C=O) groups is 1. The molecule has 1 unspecified atom stereocenters. The maximum atomic E-state index is 12.3. The zero-order valence-electron chi connectivity index (χ0n) is 11.5. The van der Waals surface area contributed by atoms with Gasteiger partial charge < -0.3 is 9.32 Å². The van der Waals surface area contributed by atoms with Gasteiger partial charge in [0.1, 0.15) is 0 Å². The van der Waals surface area contributed by atoms with Gasteiger partial charge in [-0.2, -0.15) is 0 Å². The van der Waals surface area contributed by atoms with Crippen molar-refractivity contribution in [3.05, 3.63) is 40.2 Å². The Bertz CT molecular complexity index is 576. The van der Waals surface area contributed by atoms with E-state index in [1.807, 2.05) is 4.90 Å². The first-order valence-corrected chi connectivity index (χ1v) is 7.93. The predicted molar refractivity (Wildman–Crippen MR) is 78.1 cm³/mol. The van der Waals surface area contributed by atoms with E-state index in [4.69, 9.17) is 4.42 Å². The normalized spacial score (nSPS) is 19.2. The second-order valence-electron chi connectivity index (χ2n) is 5.10. The zero-order chi connectivity index (χ0) is 13.9. The lowest BCUT2D eigenvalue weighted by Gasteiger charge is -2.31. The lowest BCUT2D eigenvalue weighted by molar-refractivity contribution is 0.0675. The number of aromatic nitrogens is 1. The summed E-state index contributed by atoms with van der Waals surface area (Å²) in [7, 11) is 0. The fraction of sp³-hybridized carbons (Fsp3) is 0.467. The number of rotatable bonds is 3. The summed E-state index contributed by atoms with van der Waals surface area (Å²) in [5.41, 5.74) is 1.15. The minimum absolute atomic E-state index is 0.00743. The lowest BCUT2D eigenvalue weighted by atomic mass is 9.98. The predicted octanol–water partition coefficient (Wildman–Crippen LogP) is 3.32. The molecule has 2 aromatic heterocycles. The highest BCUT2D eigenvalue weighted by atomic mass is 32.1. The Labute approximate surface area is 122 Å². The summed E-state index contributed by atoms with van der Waals surface area (Å²) in [4.78, 5) is 18.9. The van der Waals surface area contributed by atoms with E-state index in [-0.39, 0.29) is 5.91 Å². The van der Waals surface area contributed by atoms with Crippen LogP contribution in [0.4, 0.5) is 0 Å². The second-order valence-corrected chi connectivity index (χ2v) is 5.99. The number of thiazole rings is 1. The summed E-state index contributed by atoms with van der Waals surface area (Å²) < 4.78 is 5.21. The van der Waals surface area contributed by atoms with Crippen molar-refractivity contribution in [1.82, 2.24) is 9.88 Å². The standard InChI is InChI=1S/C15H18N2O2S/c1-2-12-10-20-14(16-12)11-5-3-7-17(9-11)15(18)13-6-4-8-19-13/h4,6,8,10-11H,2-3,5,7,9H2,1H3. The number of likely N-dealkylation sites (tertiary alicyclic amines) is 1. The number of carbonyl (C=O) groups excluding carboxylic acids is 1. The van der Waals surface area contributed by atoms with E-state index in [0.29, 0.717) is 11.7 Å². The number of hydrogen-bond acceptors (Lipinski definition) is 4. The molecular formula is C15H18N2O2S. The molecule has 20 heavy (non-hydrogen) atoms. The number of aryl methyl sites for hydroxylation is 1. The van der Waals surface area contributed by atoms with E-state index in [9.17, 15) is 4.79 Å². The molecule has 1 fully saturated rings. The molecule has 1 atom stereocenters. The van der Waals surface area contributed by atoms with Crippen LogP contribution in [0.2, 0.25) is 0 Å². The van der Waals surface area contributed by atoms with Crippen LogP contribution in [-0.2, 0) is 6.42 Å². The molecule has 0 bridgehead atoms. The monoisotopic (exact) mass is 290 g/mol. The van der Waals surface area contributed by atoms with Crippen molar-refractivity contribution in [2.45, 2.75) is 32.1 Å². The molecule has 0 aliphatic carbocycles. The van der Waals surface area contributed by atoms with Crippen LogP contribution >= 0.6 is 11.3 Å². The highest BCUT2D eigenvalue weighted by molar-refractivity contribution is 7.09. The third-order valence-electron chi connectivity index (χ3n) is 3.72. The zero-order valence-corrected chi connectivity index (χ0v) is 12.4. The molecular weight excluding hydrogens is 272 g/mol. The number of nitrogens with zero attached hydrogens (tertiary/aromatic N) is 2. The van der Waals surface area contributed by atoms with E-state index < -0.39 is 0 Å². The summed E-state index contributed by atoms with van der Waals surface area (Å²) in [6.07, 6.45) is 4.65. The maximum absolute atomic E-state index is 12.3. The molecule has 0 saturated carbocycles. The highest BCUT2D eigenvalue weighted by Crippen LogP contribution is 2.30. The van der Waals surface area contributed by atoms with Crippen LogP contribution in [0.1, 0.15) is 46.9 Å². The molecule has 4 nitrogen and oxygen atoms in total. The quantitative estimate of drug-likeness (QED) is 0.871. The summed E-state index contributed by atoms with van der Waals surface area (Å²) in [6.45, 7) is 3.67. The topological polar surface area (TPSA) is 46.3 Å². The molecule has 2 aromatic rings. The van der Waals surface area contributed by atoms with E-state index in [1.54, 1.807) is 29.7 Å². The summed E-state index contributed by atoms with van der Waals surface area (Å²) >= 11 is 1.72. The molecule has 1 saturated heterocycles. The van der Waals surface area contributed by atoms with Crippen molar-refractivity contribution < 1.29 is 9.21 Å². The van der Waals surface area contributed by atoms with E-state index in [0.717, 1.165) is 38.0 Å². The van der Waals surface area contributed by atoms with E-state index in [2.05, 4.69) is 17.3 Å². The molecule has 0 spiro atoms. The molecule has 1 aliphatic heterocycles. The summed E-state index contributed by atoms with van der Waals surface area (Å²) in [5, 5.41) is 3.29. The molecule has 1 amide bonds. The highest BCUT2D eigenvalue weighted by Gasteiger charge is 2.28. The van der Waals surface area contributed by atoms with Gasteiger partial charge in [-0.05, 0) is 31.4 Å². The van der Waals surface area contributed by atoms with Gasteiger partial charge in [0, 0.05) is 24.4 Å². The fourth-order valence-electron chi connectivity index (χ4n) is 2.59. The van der Waals surface area contributed by atoms with Crippen LogP contribution in [0.3, 0.4) is 0 Å². The Kier molecular flexibility index (Phi) is 3.87. The third-order valence-corrected chi connectivity index (χ3v) is 4.78. The molecule has 3 rings (SSSR count). The molecule has 0 N–H and O–H groups in total. The van der Waals surface area contributed by atoms with Crippen LogP contribution in [0, 0.1) is 0 Å². The average molecular weight is 290 g/mol. The van der Waals surface area contributed by atoms with Crippen LogP contribution in [0.15, 0.2) is 28.2 Å². The molecule has 0 radical (unpaired) electrons. The van der Waals surface area contributed by atoms with Gasteiger partial charge in [-0.3, -0.25) is 4.79 Å². The number of hydrogen-bond donors (Lipinski definition) is 0. The van der Waals surface area contributed by atoms with Gasteiger partial charge in [-0.1, -0.05) is 6.92 Å². The fourth-order valence-corrected chi connectivity index (χ4v) is 3.62. The van der Waals surface area contributed by atoms with Gasteiger partial charge >= 0.3 is 0 Å². The Hall–Kier alpha value is -1.62. The first-order chi connectivity index (χ1) is 9.78. The second kappa shape index (κ2) is 5.79. The Morgan fingerprint density at radius 3 is 3.20 bits per heavy atom. The largest absolute Gasteiger partial charge is 0.459 e. The van der Waals surface area contributed by atoms with E-state index >= 15 is 0 Å². The van der Waals surface area contributed by atoms with Crippen molar-refractivity contribution >= 4 is 17.2 Å². The van der Waals surface area contributed by atoms with Crippen LogP contribution in [0.25, 0.3) is 0 Å². The van der Waals surface area contributed by atoms with Gasteiger partial charge in [0.2, 0.25) is 0 Å².